The van der Waals surface area contributed by atoms with Crippen LogP contribution in [0.25, 0.3) is 22.0 Å². The third-order valence-electron chi connectivity index (χ3n) is 4.39. The lowest BCUT2D eigenvalue weighted by Gasteiger charge is -2.12. The molecule has 4 aromatic rings. The summed E-state index contributed by atoms with van der Waals surface area (Å²) in [4.78, 5) is 9.02. The first-order valence-corrected chi connectivity index (χ1v) is 8.74. The predicted molar refractivity (Wildman–Crippen MR) is 106 cm³/mol. The number of benzene rings is 2. The van der Waals surface area contributed by atoms with E-state index in [1.54, 1.807) is 13.3 Å². The van der Waals surface area contributed by atoms with Crippen molar-refractivity contribution in [3.63, 3.8) is 0 Å². The van der Waals surface area contributed by atoms with Crippen molar-refractivity contribution < 1.29 is 4.74 Å². The molecule has 2 aromatic carbocycles. The summed E-state index contributed by atoms with van der Waals surface area (Å²) in [6.07, 6.45) is 4.29. The Labute approximate surface area is 157 Å². The molecule has 0 spiro atoms. The Kier molecular flexibility index (Phi) is 4.55. The normalized spacial score (nSPS) is 10.8. The minimum Gasteiger partial charge on any atom is -0.481 e. The summed E-state index contributed by atoms with van der Waals surface area (Å²) in [5, 5.41) is 1.81. The summed E-state index contributed by atoms with van der Waals surface area (Å²) in [5.41, 5.74) is 5.04. The van der Waals surface area contributed by atoms with Crippen LogP contribution in [0.1, 0.15) is 11.1 Å². The summed E-state index contributed by atoms with van der Waals surface area (Å²) in [5.74, 6) is 0.619. The van der Waals surface area contributed by atoms with Gasteiger partial charge >= 0.3 is 0 Å². The van der Waals surface area contributed by atoms with Crippen LogP contribution in [-0.2, 0) is 6.42 Å². The minimum absolute atomic E-state index is 0.619. The van der Waals surface area contributed by atoms with E-state index in [4.69, 9.17) is 21.3 Å². The Hall–Kier alpha value is -2.91. The summed E-state index contributed by atoms with van der Waals surface area (Å²) in [7, 11) is 1.65. The largest absolute Gasteiger partial charge is 0.481 e. The fourth-order valence-electron chi connectivity index (χ4n) is 3.13. The summed E-state index contributed by atoms with van der Waals surface area (Å²) >= 11 is 6.33. The van der Waals surface area contributed by atoms with Gasteiger partial charge in [-0.25, -0.2) is 4.98 Å². The number of para-hydroxylation sites is 1. The van der Waals surface area contributed by atoms with Crippen LogP contribution in [0.15, 0.2) is 73.1 Å². The van der Waals surface area contributed by atoms with Gasteiger partial charge in [0, 0.05) is 45.9 Å². The van der Waals surface area contributed by atoms with Gasteiger partial charge in [0.1, 0.15) is 0 Å². The molecule has 0 aliphatic rings. The molecule has 0 radical (unpaired) electrons. The summed E-state index contributed by atoms with van der Waals surface area (Å²) in [6.45, 7) is 0. The molecule has 4 rings (SSSR count). The second kappa shape index (κ2) is 7.14. The van der Waals surface area contributed by atoms with Crippen molar-refractivity contribution >= 4 is 22.5 Å². The number of ether oxygens (including phenoxy) is 1. The maximum absolute atomic E-state index is 6.33. The van der Waals surface area contributed by atoms with Gasteiger partial charge < -0.3 is 4.74 Å². The molecule has 2 aromatic heterocycles. The number of halogens is 1. The van der Waals surface area contributed by atoms with Crippen LogP contribution in [0.3, 0.4) is 0 Å². The minimum atomic E-state index is 0.619. The highest BCUT2D eigenvalue weighted by atomic mass is 35.5. The molecule has 0 atom stereocenters. The highest BCUT2D eigenvalue weighted by Gasteiger charge is 2.13. The Morgan fingerprint density at radius 1 is 0.962 bits per heavy atom. The summed E-state index contributed by atoms with van der Waals surface area (Å²) in [6, 6.07) is 20.1. The first-order chi connectivity index (χ1) is 12.8. The van der Waals surface area contributed by atoms with E-state index in [-0.39, 0.29) is 0 Å². The lowest BCUT2D eigenvalue weighted by Crippen LogP contribution is -1.99. The molecule has 0 saturated heterocycles. The first kappa shape index (κ1) is 16.6. The van der Waals surface area contributed by atoms with Crippen LogP contribution < -0.4 is 4.74 Å². The lowest BCUT2D eigenvalue weighted by molar-refractivity contribution is 0.395. The van der Waals surface area contributed by atoms with Crippen LogP contribution in [0.2, 0.25) is 5.02 Å². The Morgan fingerprint density at radius 3 is 2.62 bits per heavy atom. The Balaban J connectivity index is 1.85. The van der Waals surface area contributed by atoms with Crippen LogP contribution >= 0.6 is 11.6 Å². The zero-order chi connectivity index (χ0) is 17.9. The molecular weight excluding hydrogens is 344 g/mol. The molecule has 26 heavy (non-hydrogen) atoms. The van der Waals surface area contributed by atoms with E-state index in [1.807, 2.05) is 48.7 Å². The van der Waals surface area contributed by atoms with Gasteiger partial charge in [0.05, 0.1) is 12.6 Å². The fourth-order valence-corrected chi connectivity index (χ4v) is 3.33. The molecule has 128 valence electrons. The van der Waals surface area contributed by atoms with Crippen molar-refractivity contribution in [2.45, 2.75) is 6.42 Å². The lowest BCUT2D eigenvalue weighted by atomic mass is 10.00. The molecule has 0 aliphatic carbocycles. The van der Waals surface area contributed by atoms with Crippen LogP contribution in [0, 0.1) is 0 Å². The molecule has 0 amide bonds. The second-order valence-electron chi connectivity index (χ2n) is 6.04. The Bertz CT molecular complexity index is 1060. The van der Waals surface area contributed by atoms with Crippen molar-refractivity contribution in [2.75, 3.05) is 7.11 Å². The van der Waals surface area contributed by atoms with Crippen molar-refractivity contribution in [3.8, 4) is 17.0 Å². The maximum Gasteiger partial charge on any atom is 0.217 e. The number of aromatic nitrogens is 2. The molecule has 0 aliphatic heterocycles. The monoisotopic (exact) mass is 360 g/mol. The smallest absolute Gasteiger partial charge is 0.217 e. The van der Waals surface area contributed by atoms with Gasteiger partial charge in [-0.05, 0) is 23.8 Å². The van der Waals surface area contributed by atoms with E-state index < -0.39 is 0 Å². The Morgan fingerprint density at radius 2 is 1.85 bits per heavy atom. The van der Waals surface area contributed by atoms with Crippen LogP contribution in [-0.4, -0.2) is 17.1 Å². The van der Waals surface area contributed by atoms with E-state index in [2.05, 4.69) is 23.2 Å². The number of rotatable bonds is 4. The van der Waals surface area contributed by atoms with E-state index >= 15 is 0 Å². The topological polar surface area (TPSA) is 35.0 Å². The molecule has 3 nitrogen and oxygen atoms in total. The second-order valence-corrected chi connectivity index (χ2v) is 6.45. The molecule has 4 heteroatoms. The number of hydrogen-bond acceptors (Lipinski definition) is 3. The van der Waals surface area contributed by atoms with Crippen molar-refractivity contribution in [3.05, 3.63) is 89.2 Å². The number of pyridine rings is 2. The molecule has 2 heterocycles. The third-order valence-corrected chi connectivity index (χ3v) is 4.76. The van der Waals surface area contributed by atoms with Gasteiger partial charge in [0.15, 0.2) is 0 Å². The fraction of sp³-hybridized carbons (Fsp3) is 0.0909. The highest BCUT2D eigenvalue weighted by molar-refractivity contribution is 6.31. The van der Waals surface area contributed by atoms with Gasteiger partial charge in [-0.1, -0.05) is 54.1 Å². The number of fused-ring (bicyclic) bond motifs is 1. The molecule has 0 fully saturated rings. The number of methoxy groups -OCH3 is 1. The zero-order valence-electron chi connectivity index (χ0n) is 14.3. The first-order valence-electron chi connectivity index (χ1n) is 8.36. The van der Waals surface area contributed by atoms with Crippen LogP contribution in [0.4, 0.5) is 0 Å². The van der Waals surface area contributed by atoms with Crippen molar-refractivity contribution in [1.82, 2.24) is 9.97 Å². The molecular formula is C22H17ClN2O. The average Bonchev–Trinajstić information content (AvgIpc) is 2.69. The van der Waals surface area contributed by atoms with Crippen LogP contribution in [0.5, 0.6) is 5.88 Å². The third kappa shape index (κ3) is 3.14. The van der Waals surface area contributed by atoms with Gasteiger partial charge in [-0.2, -0.15) is 0 Å². The van der Waals surface area contributed by atoms with Crippen molar-refractivity contribution in [2.24, 2.45) is 0 Å². The zero-order valence-corrected chi connectivity index (χ0v) is 15.1. The number of hydrogen-bond donors (Lipinski definition) is 0. The molecule has 0 N–H and O–H groups in total. The quantitative estimate of drug-likeness (QED) is 0.478. The molecule has 0 bridgehead atoms. The van der Waals surface area contributed by atoms with E-state index in [0.29, 0.717) is 12.3 Å². The predicted octanol–water partition coefficient (Wildman–Crippen LogP) is 5.55. The van der Waals surface area contributed by atoms with E-state index in [1.165, 1.54) is 0 Å². The maximum atomic E-state index is 6.33. The average molecular weight is 361 g/mol. The van der Waals surface area contributed by atoms with Gasteiger partial charge in [0.25, 0.3) is 0 Å². The van der Waals surface area contributed by atoms with E-state index in [9.17, 15) is 0 Å². The van der Waals surface area contributed by atoms with Gasteiger partial charge in [-0.15, -0.1) is 0 Å². The van der Waals surface area contributed by atoms with Gasteiger partial charge in [0.2, 0.25) is 5.88 Å². The van der Waals surface area contributed by atoms with E-state index in [0.717, 1.165) is 38.2 Å². The standard InChI is InChI=1S/C22H17ClN2O/c1-26-22-18(12-15-6-2-3-10-20(15)23)13-16-7-4-9-19(21(16)25-22)17-8-5-11-24-14-17/h2-11,13-14H,12H2,1H3. The SMILES string of the molecule is COc1nc2c(-c3cccnc3)cccc2cc1Cc1ccccc1Cl. The van der Waals surface area contributed by atoms with Gasteiger partial charge in [-0.3, -0.25) is 4.98 Å². The summed E-state index contributed by atoms with van der Waals surface area (Å²) < 4.78 is 5.59. The number of nitrogens with zero attached hydrogens (tertiary/aromatic N) is 2. The highest BCUT2D eigenvalue weighted by Crippen LogP contribution is 2.32. The van der Waals surface area contributed by atoms with Crippen molar-refractivity contribution in [1.29, 1.82) is 0 Å². The molecule has 0 unspecified atom stereocenters. The molecule has 0 saturated carbocycles.